The largest absolute Gasteiger partial charge is 0.494 e. The van der Waals surface area contributed by atoms with Crippen molar-refractivity contribution in [2.24, 2.45) is 0 Å². The van der Waals surface area contributed by atoms with Crippen molar-refractivity contribution in [1.82, 2.24) is 5.16 Å². The van der Waals surface area contributed by atoms with E-state index in [1.165, 1.54) is 0 Å². The van der Waals surface area contributed by atoms with Gasteiger partial charge in [-0.3, -0.25) is 4.72 Å². The Balaban J connectivity index is 2.04. The number of hydrogen-bond acceptors (Lipinski definition) is 6. The molecule has 7 nitrogen and oxygen atoms in total. The summed E-state index contributed by atoms with van der Waals surface area (Å²) in [5.41, 5.74) is 2.38. The van der Waals surface area contributed by atoms with Crippen molar-refractivity contribution >= 4 is 15.7 Å². The van der Waals surface area contributed by atoms with Gasteiger partial charge in [0, 0.05) is 17.7 Å². The minimum Gasteiger partial charge on any atom is -0.494 e. The van der Waals surface area contributed by atoms with Gasteiger partial charge >= 0.3 is 0 Å². The first-order valence-electron chi connectivity index (χ1n) is 9.87. The van der Waals surface area contributed by atoms with Gasteiger partial charge in [-0.2, -0.15) is 0 Å². The Labute approximate surface area is 177 Å². The molecule has 3 aromatic rings. The summed E-state index contributed by atoms with van der Waals surface area (Å²) in [6, 6.07) is 12.1. The average Bonchev–Trinajstić information content (AvgIpc) is 3.16. The summed E-state index contributed by atoms with van der Waals surface area (Å²) >= 11 is 0. The van der Waals surface area contributed by atoms with Crippen LogP contribution in [0.3, 0.4) is 0 Å². The Morgan fingerprint density at radius 3 is 2.40 bits per heavy atom. The summed E-state index contributed by atoms with van der Waals surface area (Å²) in [7, 11) is -3.90. The van der Waals surface area contributed by atoms with Crippen LogP contribution in [0.2, 0.25) is 0 Å². The van der Waals surface area contributed by atoms with Gasteiger partial charge in [0.05, 0.1) is 29.5 Å². The molecule has 0 aliphatic rings. The number of nitrogens with zero attached hydrogens (tertiary/aromatic N) is 1. The monoisotopic (exact) mass is 430 g/mol. The Morgan fingerprint density at radius 1 is 1.00 bits per heavy atom. The summed E-state index contributed by atoms with van der Waals surface area (Å²) in [5, 5.41) is 3.88. The van der Waals surface area contributed by atoms with Crippen molar-refractivity contribution in [3.63, 3.8) is 0 Å². The number of hydrogen-bond donors (Lipinski definition) is 1. The van der Waals surface area contributed by atoms with E-state index in [-0.39, 0.29) is 4.90 Å². The second-order valence-electron chi connectivity index (χ2n) is 6.64. The maximum atomic E-state index is 13.3. The average molecular weight is 431 g/mol. The normalized spacial score (nSPS) is 11.3. The molecule has 0 unspecified atom stereocenters. The van der Waals surface area contributed by atoms with Gasteiger partial charge < -0.3 is 14.0 Å². The summed E-state index contributed by atoms with van der Waals surface area (Å²) in [5.74, 6) is 1.50. The van der Waals surface area contributed by atoms with Gasteiger partial charge in [0.1, 0.15) is 11.5 Å². The maximum absolute atomic E-state index is 13.3. The number of aromatic nitrogens is 1. The van der Waals surface area contributed by atoms with Crippen LogP contribution in [0.15, 0.2) is 51.9 Å². The number of aryl methyl sites for hydroxylation is 2. The number of anilines is 1. The van der Waals surface area contributed by atoms with Crippen molar-refractivity contribution in [3.05, 3.63) is 53.7 Å². The van der Waals surface area contributed by atoms with E-state index in [0.29, 0.717) is 53.7 Å². The van der Waals surface area contributed by atoms with Crippen LogP contribution in [0, 0.1) is 6.92 Å². The van der Waals surface area contributed by atoms with E-state index in [9.17, 15) is 8.42 Å². The molecule has 0 saturated heterocycles. The van der Waals surface area contributed by atoms with Gasteiger partial charge in [-0.25, -0.2) is 8.42 Å². The predicted octanol–water partition coefficient (Wildman–Crippen LogP) is 4.81. The second-order valence-corrected chi connectivity index (χ2v) is 8.29. The molecule has 8 heteroatoms. The lowest BCUT2D eigenvalue weighted by atomic mass is 10.1. The van der Waals surface area contributed by atoms with Gasteiger partial charge in [0.25, 0.3) is 10.0 Å². The third kappa shape index (κ3) is 4.76. The van der Waals surface area contributed by atoms with Crippen molar-refractivity contribution in [3.8, 4) is 22.8 Å². The molecule has 1 heterocycles. The van der Waals surface area contributed by atoms with E-state index in [0.717, 1.165) is 5.69 Å². The lowest BCUT2D eigenvalue weighted by Crippen LogP contribution is -2.16. The summed E-state index contributed by atoms with van der Waals surface area (Å²) < 4.78 is 45.8. The van der Waals surface area contributed by atoms with Gasteiger partial charge in [-0.05, 0) is 51.0 Å². The Morgan fingerprint density at radius 2 is 1.77 bits per heavy atom. The molecule has 30 heavy (non-hydrogen) atoms. The minimum atomic E-state index is -3.90. The highest BCUT2D eigenvalue weighted by Gasteiger charge is 2.22. The number of benzene rings is 2. The predicted molar refractivity (Wildman–Crippen MR) is 116 cm³/mol. The fraction of sp³-hybridized carbons (Fsp3) is 0.318. The molecule has 0 aliphatic carbocycles. The quantitative estimate of drug-likeness (QED) is 0.524. The number of nitrogens with one attached hydrogen (secondary N) is 1. The van der Waals surface area contributed by atoms with E-state index in [1.54, 1.807) is 36.4 Å². The third-order valence-corrected chi connectivity index (χ3v) is 5.90. The van der Waals surface area contributed by atoms with E-state index >= 15 is 0 Å². The highest BCUT2D eigenvalue weighted by atomic mass is 32.2. The molecule has 0 aliphatic heterocycles. The molecule has 0 saturated carbocycles. The molecule has 0 fully saturated rings. The lowest BCUT2D eigenvalue weighted by molar-refractivity contribution is 0.332. The molecule has 1 N–H and O–H groups in total. The van der Waals surface area contributed by atoms with Gasteiger partial charge in [-0.15, -0.1) is 0 Å². The molecule has 2 aromatic carbocycles. The van der Waals surface area contributed by atoms with E-state index in [4.69, 9.17) is 14.0 Å². The van der Waals surface area contributed by atoms with Crippen molar-refractivity contribution in [1.29, 1.82) is 0 Å². The molecule has 0 amide bonds. The van der Waals surface area contributed by atoms with E-state index < -0.39 is 10.0 Å². The summed E-state index contributed by atoms with van der Waals surface area (Å²) in [6.45, 7) is 8.31. The van der Waals surface area contributed by atoms with Gasteiger partial charge in [0.2, 0.25) is 0 Å². The zero-order valence-electron chi connectivity index (χ0n) is 17.6. The van der Waals surface area contributed by atoms with Gasteiger partial charge in [0.15, 0.2) is 5.76 Å². The zero-order valence-corrected chi connectivity index (χ0v) is 18.4. The molecule has 3 rings (SSSR count). The fourth-order valence-corrected chi connectivity index (χ4v) is 4.47. The summed E-state index contributed by atoms with van der Waals surface area (Å²) in [6.07, 6.45) is 0.559. The molecule has 0 radical (unpaired) electrons. The third-order valence-electron chi connectivity index (χ3n) is 4.46. The molecule has 0 atom stereocenters. The molecule has 1 aromatic heterocycles. The summed E-state index contributed by atoms with van der Waals surface area (Å²) in [4.78, 5) is 0.181. The van der Waals surface area contributed by atoms with E-state index in [1.807, 2.05) is 33.8 Å². The molecular formula is C22H26N2O5S. The van der Waals surface area contributed by atoms with Crippen LogP contribution in [-0.4, -0.2) is 26.8 Å². The first kappa shape index (κ1) is 21.7. The van der Waals surface area contributed by atoms with Crippen LogP contribution in [0.1, 0.15) is 32.0 Å². The molecule has 0 bridgehead atoms. The molecule has 0 spiro atoms. The number of rotatable bonds is 9. The van der Waals surface area contributed by atoms with Crippen molar-refractivity contribution in [2.45, 2.75) is 39.0 Å². The van der Waals surface area contributed by atoms with E-state index in [2.05, 4.69) is 9.88 Å². The first-order valence-corrected chi connectivity index (χ1v) is 11.3. The van der Waals surface area contributed by atoms with Crippen molar-refractivity contribution in [2.75, 3.05) is 17.9 Å². The maximum Gasteiger partial charge on any atom is 0.262 e. The second kappa shape index (κ2) is 9.21. The van der Waals surface area contributed by atoms with Crippen LogP contribution >= 0.6 is 0 Å². The topological polar surface area (TPSA) is 90.7 Å². The van der Waals surface area contributed by atoms with Crippen LogP contribution in [0.5, 0.6) is 11.5 Å². The van der Waals surface area contributed by atoms with Crippen molar-refractivity contribution < 1.29 is 22.4 Å². The first-order chi connectivity index (χ1) is 14.4. The van der Waals surface area contributed by atoms with Crippen LogP contribution in [0.25, 0.3) is 11.3 Å². The Kier molecular flexibility index (Phi) is 6.66. The number of ether oxygens (including phenoxy) is 2. The molecule has 160 valence electrons. The van der Waals surface area contributed by atoms with Gasteiger partial charge in [-0.1, -0.05) is 24.2 Å². The highest BCUT2D eigenvalue weighted by Crippen LogP contribution is 2.33. The smallest absolute Gasteiger partial charge is 0.262 e. The zero-order chi connectivity index (χ0) is 21.7. The standard InChI is InChI=1S/C22H26N2O5S/c1-5-16-8-9-17(21-12-15(4)23-29-21)13-22(16)30(25,26)24-19-14-18(27-6-2)10-11-20(19)28-7-3/h8-14,24H,5-7H2,1-4H3. The number of sulfonamides is 1. The minimum absolute atomic E-state index is 0.181. The fourth-order valence-electron chi connectivity index (χ4n) is 3.08. The van der Waals surface area contributed by atoms with Crippen LogP contribution < -0.4 is 14.2 Å². The van der Waals surface area contributed by atoms with Crippen LogP contribution in [-0.2, 0) is 16.4 Å². The Bertz CT molecular complexity index is 1120. The SMILES string of the molecule is CCOc1ccc(OCC)c(NS(=O)(=O)c2cc(-c3cc(C)no3)ccc2CC)c1. The Hall–Kier alpha value is -3.00. The van der Waals surface area contributed by atoms with Crippen LogP contribution in [0.4, 0.5) is 5.69 Å². The molecular weight excluding hydrogens is 404 g/mol. The highest BCUT2D eigenvalue weighted by molar-refractivity contribution is 7.92. The lowest BCUT2D eigenvalue weighted by Gasteiger charge is -2.16.